The Labute approximate surface area is 195 Å². The van der Waals surface area contributed by atoms with Crippen molar-refractivity contribution in [2.24, 2.45) is 4.99 Å². The Kier molecular flexibility index (Phi) is 10.7. The van der Waals surface area contributed by atoms with Gasteiger partial charge in [-0.05, 0) is 50.7 Å². The van der Waals surface area contributed by atoms with Gasteiger partial charge in [-0.25, -0.2) is 0 Å². The van der Waals surface area contributed by atoms with Crippen LogP contribution in [0.3, 0.4) is 0 Å². The molecular formula is C24H36NO7P. The van der Waals surface area contributed by atoms with Crippen LogP contribution in [0.1, 0.15) is 77.2 Å². The average molecular weight is 482 g/mol. The lowest BCUT2D eigenvalue weighted by atomic mass is 9.78. The molecule has 1 aromatic carbocycles. The van der Waals surface area contributed by atoms with Gasteiger partial charge in [-0.2, -0.15) is 0 Å². The molecule has 0 bridgehead atoms. The van der Waals surface area contributed by atoms with E-state index in [0.717, 1.165) is 17.0 Å². The molecule has 1 unspecified atom stereocenters. The number of hydrogen-bond acceptors (Lipinski definition) is 6. The highest BCUT2D eigenvalue weighted by Gasteiger charge is 2.39. The quantitative estimate of drug-likeness (QED) is 0.208. The molecule has 0 aliphatic carbocycles. The topological polar surface area (TPSA) is 122 Å². The molecule has 0 spiro atoms. The molecule has 0 aromatic heterocycles. The van der Waals surface area contributed by atoms with Crippen LogP contribution in [0.5, 0.6) is 0 Å². The molecule has 0 saturated carbocycles. The molecule has 0 fully saturated rings. The van der Waals surface area contributed by atoms with Gasteiger partial charge >= 0.3 is 19.5 Å². The third-order valence-corrected chi connectivity index (χ3v) is 8.04. The molecule has 33 heavy (non-hydrogen) atoms. The van der Waals surface area contributed by atoms with E-state index in [2.05, 4.69) is 11.9 Å². The van der Waals surface area contributed by atoms with E-state index in [1.54, 1.807) is 0 Å². The molecule has 0 saturated heterocycles. The number of nitrogens with zero attached hydrogens (tertiary/aromatic N) is 1. The first kappa shape index (κ1) is 27.2. The van der Waals surface area contributed by atoms with Crippen molar-refractivity contribution in [2.45, 2.75) is 77.0 Å². The Morgan fingerprint density at radius 2 is 1.48 bits per heavy atom. The fraction of sp³-hybridized carbons (Fsp3) is 0.625. The monoisotopic (exact) mass is 481 g/mol. The second kappa shape index (κ2) is 13.0. The number of unbranched alkanes of at least 4 members (excludes halogenated alkanes) is 4. The standard InChI is InChI=1S/C24H36NO7P/c1-19-24(2,20-11-7-8-12-21(20)25-19)15-18-33(30,31-16-9-3-5-13-22(26)27)32-17-10-4-6-14-23(28)29/h7-8,11-12H,3-6,9-10,13-18H2,1-2H3,(H,26,27)(H,28,29). The highest BCUT2D eigenvalue weighted by molar-refractivity contribution is 7.53. The molecule has 0 amide bonds. The summed E-state index contributed by atoms with van der Waals surface area (Å²) in [6, 6.07) is 7.96. The summed E-state index contributed by atoms with van der Waals surface area (Å²) in [7, 11) is -3.38. The van der Waals surface area contributed by atoms with Crippen molar-refractivity contribution >= 4 is 30.9 Å². The zero-order chi connectivity index (χ0) is 24.3. The van der Waals surface area contributed by atoms with Crippen LogP contribution in [0.4, 0.5) is 5.69 Å². The predicted octanol–water partition coefficient (Wildman–Crippen LogP) is 5.96. The number of fused-ring (bicyclic) bond motifs is 1. The number of rotatable bonds is 17. The molecule has 184 valence electrons. The van der Waals surface area contributed by atoms with Crippen LogP contribution in [0.25, 0.3) is 0 Å². The van der Waals surface area contributed by atoms with Crippen LogP contribution in [-0.4, -0.2) is 47.2 Å². The number of carboxylic acid groups (broad SMARTS) is 2. The van der Waals surface area contributed by atoms with Gasteiger partial charge in [0.2, 0.25) is 0 Å². The van der Waals surface area contributed by atoms with Crippen molar-refractivity contribution in [2.75, 3.05) is 19.4 Å². The van der Waals surface area contributed by atoms with Crippen molar-refractivity contribution in [1.82, 2.24) is 0 Å². The van der Waals surface area contributed by atoms with Crippen molar-refractivity contribution in [1.29, 1.82) is 0 Å². The molecule has 2 rings (SSSR count). The van der Waals surface area contributed by atoms with Crippen molar-refractivity contribution < 1.29 is 33.4 Å². The fourth-order valence-electron chi connectivity index (χ4n) is 3.90. The molecule has 1 heterocycles. The first-order chi connectivity index (χ1) is 15.7. The predicted molar refractivity (Wildman–Crippen MR) is 128 cm³/mol. The minimum absolute atomic E-state index is 0.112. The SMILES string of the molecule is CC1=Nc2ccccc2C1(C)CCP(=O)(OCCCCCC(=O)O)OCCCCCC(=O)O. The second-order valence-corrected chi connectivity index (χ2v) is 10.9. The van der Waals surface area contributed by atoms with E-state index < -0.39 is 19.5 Å². The van der Waals surface area contributed by atoms with E-state index in [9.17, 15) is 14.2 Å². The van der Waals surface area contributed by atoms with Gasteiger partial charge in [0.15, 0.2) is 0 Å². The van der Waals surface area contributed by atoms with Crippen LogP contribution in [-0.2, 0) is 28.6 Å². The zero-order valence-electron chi connectivity index (χ0n) is 19.6. The molecule has 1 atom stereocenters. The second-order valence-electron chi connectivity index (χ2n) is 8.71. The van der Waals surface area contributed by atoms with Gasteiger partial charge < -0.3 is 19.3 Å². The summed E-state index contributed by atoms with van der Waals surface area (Å²) in [4.78, 5) is 26.0. The molecule has 9 heteroatoms. The van der Waals surface area contributed by atoms with E-state index in [0.29, 0.717) is 44.9 Å². The molecule has 0 radical (unpaired) electrons. The van der Waals surface area contributed by atoms with E-state index in [-0.39, 0.29) is 37.6 Å². The van der Waals surface area contributed by atoms with Crippen LogP contribution in [0.15, 0.2) is 29.3 Å². The summed E-state index contributed by atoms with van der Waals surface area (Å²) in [5.41, 5.74) is 2.67. The smallest absolute Gasteiger partial charge is 0.330 e. The third-order valence-electron chi connectivity index (χ3n) is 6.12. The van der Waals surface area contributed by atoms with Gasteiger partial charge in [0.25, 0.3) is 0 Å². The minimum atomic E-state index is -3.38. The number of aliphatic carboxylic acids is 2. The molecule has 8 nitrogen and oxygen atoms in total. The van der Waals surface area contributed by atoms with Crippen molar-refractivity contribution in [3.05, 3.63) is 29.8 Å². The van der Waals surface area contributed by atoms with Crippen LogP contribution in [0, 0.1) is 0 Å². The average Bonchev–Trinajstić information content (AvgIpc) is 3.02. The van der Waals surface area contributed by atoms with Crippen LogP contribution < -0.4 is 0 Å². The number of hydrogen-bond donors (Lipinski definition) is 2. The van der Waals surface area contributed by atoms with Gasteiger partial charge in [-0.3, -0.25) is 19.1 Å². The number of benzene rings is 1. The van der Waals surface area contributed by atoms with E-state index in [1.165, 1.54) is 0 Å². The normalized spacial score (nSPS) is 17.6. The van der Waals surface area contributed by atoms with Crippen LogP contribution >= 0.6 is 7.60 Å². The fourth-order valence-corrected chi connectivity index (χ4v) is 5.76. The number of para-hydroxylation sites is 1. The van der Waals surface area contributed by atoms with E-state index in [1.807, 2.05) is 31.2 Å². The minimum Gasteiger partial charge on any atom is -0.481 e. The number of aliphatic imine (C=N–C) groups is 1. The lowest BCUT2D eigenvalue weighted by molar-refractivity contribution is -0.138. The molecule has 1 aliphatic heterocycles. The van der Waals surface area contributed by atoms with Gasteiger partial charge in [0.1, 0.15) is 0 Å². The summed E-state index contributed by atoms with van der Waals surface area (Å²) in [5.74, 6) is -1.65. The summed E-state index contributed by atoms with van der Waals surface area (Å²) >= 11 is 0. The Morgan fingerprint density at radius 3 is 2.03 bits per heavy atom. The maximum atomic E-state index is 13.5. The summed E-state index contributed by atoms with van der Waals surface area (Å²) < 4.78 is 25.1. The van der Waals surface area contributed by atoms with Gasteiger partial charge in [-0.1, -0.05) is 38.0 Å². The Bertz CT molecular complexity index is 855. The third kappa shape index (κ3) is 8.69. The first-order valence-corrected chi connectivity index (χ1v) is 13.4. The Balaban J connectivity index is 1.93. The lowest BCUT2D eigenvalue weighted by Gasteiger charge is -2.28. The van der Waals surface area contributed by atoms with Crippen molar-refractivity contribution in [3.63, 3.8) is 0 Å². The Morgan fingerprint density at radius 1 is 0.939 bits per heavy atom. The maximum absolute atomic E-state index is 13.5. The number of carbonyl (C=O) groups is 2. The molecule has 1 aliphatic rings. The van der Waals surface area contributed by atoms with E-state index in [4.69, 9.17) is 19.3 Å². The molecule has 1 aromatic rings. The molecular weight excluding hydrogens is 445 g/mol. The summed E-state index contributed by atoms with van der Waals surface area (Å²) in [6.07, 6.45) is 4.72. The highest BCUT2D eigenvalue weighted by atomic mass is 31.2. The number of carboxylic acids is 2. The van der Waals surface area contributed by atoms with E-state index >= 15 is 0 Å². The summed E-state index contributed by atoms with van der Waals surface area (Å²) in [6.45, 7) is 4.57. The largest absolute Gasteiger partial charge is 0.481 e. The zero-order valence-corrected chi connectivity index (χ0v) is 20.5. The van der Waals surface area contributed by atoms with Crippen molar-refractivity contribution in [3.8, 4) is 0 Å². The summed E-state index contributed by atoms with van der Waals surface area (Å²) in [5, 5.41) is 17.5. The highest BCUT2D eigenvalue weighted by Crippen LogP contribution is 2.53. The van der Waals surface area contributed by atoms with Crippen LogP contribution in [0.2, 0.25) is 0 Å². The first-order valence-electron chi connectivity index (χ1n) is 11.6. The maximum Gasteiger partial charge on any atom is 0.330 e. The molecule has 2 N–H and O–H groups in total. The van der Waals surface area contributed by atoms with Gasteiger partial charge in [0, 0.05) is 24.0 Å². The lowest BCUT2D eigenvalue weighted by Crippen LogP contribution is -2.29. The van der Waals surface area contributed by atoms with Gasteiger partial charge in [-0.15, -0.1) is 0 Å². The van der Waals surface area contributed by atoms with Gasteiger partial charge in [0.05, 0.1) is 25.1 Å². The Hall–Kier alpha value is -2.02.